The molecule has 0 unspecified atom stereocenters. The number of aryl methyl sites for hydroxylation is 4. The van der Waals surface area contributed by atoms with Gasteiger partial charge in [-0.3, -0.25) is 4.79 Å². The number of thiophene rings is 1. The van der Waals surface area contributed by atoms with Crippen LogP contribution in [0.2, 0.25) is 0 Å². The molecule has 0 aliphatic rings. The fraction of sp³-hybridized carbons (Fsp3) is 0.375. The first kappa shape index (κ1) is 22.1. The van der Waals surface area contributed by atoms with Crippen LogP contribution in [0.25, 0.3) is 11.0 Å². The van der Waals surface area contributed by atoms with Gasteiger partial charge in [-0.05, 0) is 62.6 Å². The summed E-state index contributed by atoms with van der Waals surface area (Å²) in [6, 6.07) is 7.93. The number of fused-ring (bicyclic) bond motifs is 1. The maximum atomic E-state index is 13.3. The van der Waals surface area contributed by atoms with Crippen molar-refractivity contribution >= 4 is 28.3 Å². The fourth-order valence-corrected chi connectivity index (χ4v) is 4.98. The Bertz CT molecular complexity index is 1240. The third-order valence-corrected chi connectivity index (χ3v) is 6.71. The van der Waals surface area contributed by atoms with Gasteiger partial charge in [-0.2, -0.15) is 0 Å². The van der Waals surface area contributed by atoms with Gasteiger partial charge < -0.3 is 14.1 Å². The van der Waals surface area contributed by atoms with Crippen LogP contribution in [-0.4, -0.2) is 32.7 Å². The molecule has 4 aromatic heterocycles. The third kappa shape index (κ3) is 4.41. The highest BCUT2D eigenvalue weighted by atomic mass is 32.1. The first-order valence-electron chi connectivity index (χ1n) is 10.6. The number of amides is 1. The van der Waals surface area contributed by atoms with Gasteiger partial charge in [0.15, 0.2) is 5.65 Å². The average Bonchev–Trinajstić information content (AvgIpc) is 3.49. The van der Waals surface area contributed by atoms with E-state index in [0.717, 1.165) is 38.5 Å². The first-order chi connectivity index (χ1) is 15.4. The van der Waals surface area contributed by atoms with E-state index >= 15 is 0 Å². The molecule has 4 rings (SSSR count). The molecule has 0 aromatic carbocycles. The van der Waals surface area contributed by atoms with E-state index in [9.17, 15) is 4.79 Å². The number of furan rings is 1. The fourth-order valence-electron chi connectivity index (χ4n) is 4.08. The molecule has 0 N–H and O–H groups in total. The number of carbonyl (C=O) groups is 1. The Hall–Kier alpha value is -3.13. The van der Waals surface area contributed by atoms with Gasteiger partial charge >= 0.3 is 0 Å². The van der Waals surface area contributed by atoms with Crippen molar-refractivity contribution < 1.29 is 13.9 Å². The highest BCUT2D eigenvalue weighted by molar-refractivity contribution is 7.11. The summed E-state index contributed by atoms with van der Waals surface area (Å²) in [5.41, 5.74) is 3.85. The maximum Gasteiger partial charge on any atom is 0.242 e. The van der Waals surface area contributed by atoms with Gasteiger partial charge in [0.2, 0.25) is 11.8 Å². The van der Waals surface area contributed by atoms with Crippen molar-refractivity contribution in [3.05, 3.63) is 62.9 Å². The molecule has 0 bridgehead atoms. The van der Waals surface area contributed by atoms with Crippen LogP contribution < -0.4 is 4.74 Å². The minimum atomic E-state index is 0.0875. The lowest BCUT2D eigenvalue weighted by Gasteiger charge is -2.21. The average molecular weight is 453 g/mol. The number of hydrogen-bond donors (Lipinski definition) is 0. The number of methoxy groups -OCH3 is 1. The summed E-state index contributed by atoms with van der Waals surface area (Å²) in [5.74, 6) is 1.43. The monoisotopic (exact) mass is 452 g/mol. The molecule has 7 nitrogen and oxygen atoms in total. The number of ether oxygens (including phenoxy) is 1. The molecule has 0 fully saturated rings. The van der Waals surface area contributed by atoms with E-state index in [1.165, 1.54) is 4.88 Å². The maximum absolute atomic E-state index is 13.3. The molecule has 8 heteroatoms. The molecular formula is C24H28N4O3S. The SMILES string of the molecule is COc1nn(C)c2nc(C)c(CCC(=O)N(Cc3ccco3)Cc3ccc(C)s3)c(C)c12. The normalized spacial score (nSPS) is 11.3. The van der Waals surface area contributed by atoms with Crippen molar-refractivity contribution in [2.45, 2.75) is 46.7 Å². The van der Waals surface area contributed by atoms with Crippen molar-refractivity contribution in [2.24, 2.45) is 7.05 Å². The van der Waals surface area contributed by atoms with Crippen LogP contribution in [0.1, 0.15) is 38.8 Å². The van der Waals surface area contributed by atoms with E-state index in [-0.39, 0.29) is 5.91 Å². The number of nitrogens with zero attached hydrogens (tertiary/aromatic N) is 4. The second kappa shape index (κ2) is 9.16. The first-order valence-corrected chi connectivity index (χ1v) is 11.4. The van der Waals surface area contributed by atoms with Gasteiger partial charge in [0, 0.05) is 28.9 Å². The lowest BCUT2D eigenvalue weighted by atomic mass is 10.00. The largest absolute Gasteiger partial charge is 0.479 e. The highest BCUT2D eigenvalue weighted by Gasteiger charge is 2.21. The number of aromatic nitrogens is 3. The Morgan fingerprint density at radius 3 is 2.69 bits per heavy atom. The zero-order valence-electron chi connectivity index (χ0n) is 19.1. The predicted molar refractivity (Wildman–Crippen MR) is 125 cm³/mol. The van der Waals surface area contributed by atoms with Crippen LogP contribution in [0, 0.1) is 20.8 Å². The molecule has 4 aromatic rings. The highest BCUT2D eigenvalue weighted by Crippen LogP contribution is 2.30. The van der Waals surface area contributed by atoms with Crippen LogP contribution >= 0.6 is 11.3 Å². The van der Waals surface area contributed by atoms with Crippen molar-refractivity contribution in [2.75, 3.05) is 7.11 Å². The molecule has 168 valence electrons. The van der Waals surface area contributed by atoms with E-state index in [0.29, 0.717) is 31.8 Å². The summed E-state index contributed by atoms with van der Waals surface area (Å²) in [7, 11) is 3.47. The molecule has 0 aliphatic carbocycles. The van der Waals surface area contributed by atoms with Gasteiger partial charge in [-0.15, -0.1) is 16.4 Å². The molecule has 0 saturated carbocycles. The standard InChI is InChI=1S/C24H28N4O3S/c1-15-8-9-19(32-15)14-28(13-18-7-6-12-31-18)21(29)11-10-20-16(2)22-23(25-17(20)3)27(4)26-24(22)30-5/h6-9,12H,10-11,13-14H2,1-5H3. The minimum Gasteiger partial charge on any atom is -0.479 e. The Labute approximate surface area is 191 Å². The van der Waals surface area contributed by atoms with Crippen LogP contribution in [0.5, 0.6) is 5.88 Å². The Morgan fingerprint density at radius 1 is 1.22 bits per heavy atom. The van der Waals surface area contributed by atoms with E-state index in [1.807, 2.05) is 31.0 Å². The van der Waals surface area contributed by atoms with Gasteiger partial charge in [0.25, 0.3) is 0 Å². The van der Waals surface area contributed by atoms with Crippen molar-refractivity contribution in [1.82, 2.24) is 19.7 Å². The smallest absolute Gasteiger partial charge is 0.242 e. The number of pyridine rings is 1. The predicted octanol–water partition coefficient (Wildman–Crippen LogP) is 4.72. The zero-order chi connectivity index (χ0) is 22.8. The molecule has 0 radical (unpaired) electrons. The van der Waals surface area contributed by atoms with E-state index < -0.39 is 0 Å². The molecular weight excluding hydrogens is 424 g/mol. The summed E-state index contributed by atoms with van der Waals surface area (Å²) >= 11 is 1.72. The van der Waals surface area contributed by atoms with E-state index in [4.69, 9.17) is 14.1 Å². The number of carbonyl (C=O) groups excluding carboxylic acids is 1. The second-order valence-electron chi connectivity index (χ2n) is 7.97. The molecule has 4 heterocycles. The van der Waals surface area contributed by atoms with E-state index in [2.05, 4.69) is 31.1 Å². The number of hydrogen-bond acceptors (Lipinski definition) is 6. The van der Waals surface area contributed by atoms with Crippen molar-refractivity contribution in [1.29, 1.82) is 0 Å². The zero-order valence-corrected chi connectivity index (χ0v) is 20.0. The Morgan fingerprint density at radius 2 is 2.03 bits per heavy atom. The Balaban J connectivity index is 1.56. The van der Waals surface area contributed by atoms with Crippen LogP contribution in [0.3, 0.4) is 0 Å². The molecule has 0 spiro atoms. The lowest BCUT2D eigenvalue weighted by molar-refractivity contribution is -0.132. The topological polar surface area (TPSA) is 73.4 Å². The summed E-state index contributed by atoms with van der Waals surface area (Å²) in [4.78, 5) is 22.3. The lowest BCUT2D eigenvalue weighted by Crippen LogP contribution is -2.30. The van der Waals surface area contributed by atoms with E-state index in [1.54, 1.807) is 29.4 Å². The summed E-state index contributed by atoms with van der Waals surface area (Å²) in [6.07, 6.45) is 2.64. The summed E-state index contributed by atoms with van der Waals surface area (Å²) in [6.45, 7) is 7.14. The van der Waals surface area contributed by atoms with Crippen LogP contribution in [-0.2, 0) is 31.4 Å². The third-order valence-electron chi connectivity index (χ3n) is 5.73. The minimum absolute atomic E-state index is 0.0875. The summed E-state index contributed by atoms with van der Waals surface area (Å²) in [5, 5.41) is 5.32. The van der Waals surface area contributed by atoms with Gasteiger partial charge in [0.1, 0.15) is 5.76 Å². The molecule has 0 atom stereocenters. The van der Waals surface area contributed by atoms with Crippen molar-refractivity contribution in [3.63, 3.8) is 0 Å². The second-order valence-corrected chi connectivity index (χ2v) is 9.35. The number of rotatable bonds is 8. The Kier molecular flexibility index (Phi) is 6.32. The van der Waals surface area contributed by atoms with Gasteiger partial charge in [0.05, 0.1) is 31.8 Å². The van der Waals surface area contributed by atoms with Gasteiger partial charge in [-0.1, -0.05) is 0 Å². The van der Waals surface area contributed by atoms with Gasteiger partial charge in [-0.25, -0.2) is 9.67 Å². The molecule has 0 aliphatic heterocycles. The van der Waals surface area contributed by atoms with Crippen LogP contribution in [0.15, 0.2) is 34.9 Å². The summed E-state index contributed by atoms with van der Waals surface area (Å²) < 4.78 is 12.7. The molecule has 0 saturated heterocycles. The van der Waals surface area contributed by atoms with Crippen LogP contribution in [0.4, 0.5) is 0 Å². The molecule has 32 heavy (non-hydrogen) atoms. The quantitative estimate of drug-likeness (QED) is 0.387. The van der Waals surface area contributed by atoms with Crippen molar-refractivity contribution in [3.8, 4) is 5.88 Å². The molecule has 1 amide bonds.